The molecule has 8 heteroatoms. The first-order valence-electron chi connectivity index (χ1n) is 9.58. The van der Waals surface area contributed by atoms with Crippen molar-refractivity contribution in [2.45, 2.75) is 25.4 Å². The first-order valence-corrected chi connectivity index (χ1v) is 9.58. The normalized spacial score (nSPS) is 20.4. The first kappa shape index (κ1) is 18.1. The van der Waals surface area contributed by atoms with E-state index >= 15 is 0 Å². The number of likely N-dealkylation sites (tertiary alicyclic amines) is 1. The van der Waals surface area contributed by atoms with Gasteiger partial charge in [-0.25, -0.2) is 4.99 Å². The first-order chi connectivity index (χ1) is 13.2. The van der Waals surface area contributed by atoms with Crippen LogP contribution >= 0.6 is 0 Å². The van der Waals surface area contributed by atoms with Crippen molar-refractivity contribution >= 4 is 17.5 Å². The molecular formula is C19H27N5O3. The topological polar surface area (TPSA) is 95.9 Å². The summed E-state index contributed by atoms with van der Waals surface area (Å²) >= 11 is 0. The molecule has 3 aliphatic rings. The molecule has 0 spiro atoms. The molecule has 1 aromatic rings. The van der Waals surface area contributed by atoms with E-state index in [1.54, 1.807) is 7.11 Å². The molecule has 1 aromatic carbocycles. The average Bonchev–Trinajstić information content (AvgIpc) is 3.17. The molecule has 3 aliphatic heterocycles. The van der Waals surface area contributed by atoms with Gasteiger partial charge in [-0.15, -0.1) is 0 Å². The Morgan fingerprint density at radius 2 is 2.04 bits per heavy atom. The van der Waals surface area contributed by atoms with Crippen LogP contribution in [0.3, 0.4) is 0 Å². The number of hydrogen-bond donors (Lipinski definition) is 2. The van der Waals surface area contributed by atoms with Crippen molar-refractivity contribution in [2.24, 2.45) is 15.7 Å². The van der Waals surface area contributed by atoms with Crippen molar-refractivity contribution in [2.75, 3.05) is 46.4 Å². The average molecular weight is 373 g/mol. The lowest BCUT2D eigenvalue weighted by Crippen LogP contribution is -2.42. The van der Waals surface area contributed by atoms with Gasteiger partial charge in [0.25, 0.3) is 0 Å². The van der Waals surface area contributed by atoms with Crippen LogP contribution in [0, 0.1) is 0 Å². The molecule has 1 saturated heterocycles. The van der Waals surface area contributed by atoms with Crippen LogP contribution in [0.1, 0.15) is 24.8 Å². The summed E-state index contributed by atoms with van der Waals surface area (Å²) in [7, 11) is 1.58. The zero-order valence-electron chi connectivity index (χ0n) is 15.7. The van der Waals surface area contributed by atoms with E-state index in [0.717, 1.165) is 31.0 Å². The van der Waals surface area contributed by atoms with Crippen molar-refractivity contribution in [3.63, 3.8) is 0 Å². The zero-order valence-corrected chi connectivity index (χ0v) is 15.7. The van der Waals surface area contributed by atoms with Crippen LogP contribution in [-0.2, 0) is 0 Å². The lowest BCUT2D eigenvalue weighted by Gasteiger charge is -2.29. The van der Waals surface area contributed by atoms with E-state index in [0.29, 0.717) is 36.2 Å². The fourth-order valence-corrected chi connectivity index (χ4v) is 3.91. The highest BCUT2D eigenvalue weighted by molar-refractivity contribution is 6.16. The van der Waals surface area contributed by atoms with E-state index in [1.165, 1.54) is 19.3 Å². The quantitative estimate of drug-likeness (QED) is 0.771. The third kappa shape index (κ3) is 3.59. The van der Waals surface area contributed by atoms with Gasteiger partial charge in [-0.05, 0) is 38.1 Å². The second-order valence-corrected chi connectivity index (χ2v) is 7.15. The van der Waals surface area contributed by atoms with Gasteiger partial charge in [0, 0.05) is 18.7 Å². The largest absolute Gasteiger partial charge is 0.491 e. The molecule has 1 fully saturated rings. The number of piperidine rings is 1. The Morgan fingerprint density at radius 1 is 1.22 bits per heavy atom. The van der Waals surface area contributed by atoms with Crippen molar-refractivity contribution < 1.29 is 14.6 Å². The van der Waals surface area contributed by atoms with Crippen LogP contribution in [0.4, 0.5) is 5.69 Å². The molecule has 0 radical (unpaired) electrons. The second kappa shape index (κ2) is 7.74. The number of β-amino-alcohol motifs (C(OH)–C–C–N with tert-alkyl or cyclic N) is 1. The highest BCUT2D eigenvalue weighted by atomic mass is 16.5. The Labute approximate surface area is 159 Å². The lowest BCUT2D eigenvalue weighted by molar-refractivity contribution is 0.0608. The lowest BCUT2D eigenvalue weighted by atomic mass is 10.1. The number of aliphatic hydroxyl groups excluding tert-OH is 1. The number of aliphatic hydroxyl groups is 1. The monoisotopic (exact) mass is 373 g/mol. The predicted molar refractivity (Wildman–Crippen MR) is 104 cm³/mol. The second-order valence-electron chi connectivity index (χ2n) is 7.15. The van der Waals surface area contributed by atoms with Gasteiger partial charge in [-0.3, -0.25) is 9.89 Å². The molecule has 4 rings (SSSR count). The van der Waals surface area contributed by atoms with Crippen molar-refractivity contribution in [1.29, 1.82) is 0 Å². The van der Waals surface area contributed by atoms with E-state index in [4.69, 9.17) is 15.2 Å². The zero-order chi connectivity index (χ0) is 18.8. The number of hydrogen-bond acceptors (Lipinski definition) is 8. The molecule has 1 atom stereocenters. The molecule has 0 bridgehead atoms. The summed E-state index contributed by atoms with van der Waals surface area (Å²) < 4.78 is 11.4. The number of nitrogens with zero attached hydrogens (tertiary/aromatic N) is 4. The van der Waals surface area contributed by atoms with Crippen LogP contribution in [0.15, 0.2) is 22.1 Å². The Kier molecular flexibility index (Phi) is 5.18. The Hall–Kier alpha value is -2.32. The maximum absolute atomic E-state index is 10.3. The number of guanidine groups is 1. The van der Waals surface area contributed by atoms with Gasteiger partial charge in [0.2, 0.25) is 5.96 Å². The Balaban J connectivity index is 1.49. The van der Waals surface area contributed by atoms with E-state index < -0.39 is 6.10 Å². The highest BCUT2D eigenvalue weighted by Gasteiger charge is 2.31. The maximum Gasteiger partial charge on any atom is 0.202 e. The van der Waals surface area contributed by atoms with Crippen LogP contribution in [0.25, 0.3) is 0 Å². The Bertz CT molecular complexity index is 758. The van der Waals surface area contributed by atoms with E-state index in [9.17, 15) is 5.11 Å². The molecule has 3 N–H and O–H groups in total. The molecule has 0 aliphatic carbocycles. The van der Waals surface area contributed by atoms with Gasteiger partial charge in [0.1, 0.15) is 24.2 Å². The fraction of sp³-hybridized carbons (Fsp3) is 0.579. The molecule has 146 valence electrons. The number of rotatable bonds is 6. The molecule has 8 nitrogen and oxygen atoms in total. The van der Waals surface area contributed by atoms with Crippen molar-refractivity contribution in [1.82, 2.24) is 9.80 Å². The maximum atomic E-state index is 10.3. The van der Waals surface area contributed by atoms with E-state index in [2.05, 4.69) is 14.9 Å². The number of nitrogens with two attached hydrogens (primary N) is 1. The van der Waals surface area contributed by atoms with Gasteiger partial charge in [0.05, 0.1) is 13.7 Å². The minimum absolute atomic E-state index is 0.206. The van der Waals surface area contributed by atoms with Gasteiger partial charge in [0.15, 0.2) is 11.5 Å². The third-order valence-corrected chi connectivity index (χ3v) is 5.23. The highest BCUT2D eigenvalue weighted by Crippen LogP contribution is 2.43. The Morgan fingerprint density at radius 3 is 2.81 bits per heavy atom. The standard InChI is InChI=1S/C19H27N5O3/c1-26-17-15(27-12-13(25)11-23-8-3-2-4-9-23)6-5-14-16(17)22-19(20)24-10-7-21-18(14)24/h5-6,13,25H,2-4,7-12H2,1H3,(H2,20,22)/t13-/m1/s1. The summed E-state index contributed by atoms with van der Waals surface area (Å²) in [6.45, 7) is 4.38. The molecule has 0 amide bonds. The summed E-state index contributed by atoms with van der Waals surface area (Å²) in [5, 5.41) is 10.3. The number of amidine groups is 1. The molecule has 0 aromatic heterocycles. The smallest absolute Gasteiger partial charge is 0.202 e. The van der Waals surface area contributed by atoms with Crippen molar-refractivity contribution in [3.05, 3.63) is 17.7 Å². The summed E-state index contributed by atoms with van der Waals surface area (Å²) in [5.41, 5.74) is 7.61. The third-order valence-electron chi connectivity index (χ3n) is 5.23. The molecule has 0 unspecified atom stereocenters. The van der Waals surface area contributed by atoms with E-state index in [1.807, 2.05) is 17.0 Å². The summed E-state index contributed by atoms with van der Waals surface area (Å²) in [5.74, 6) is 2.32. The van der Waals surface area contributed by atoms with Crippen LogP contribution in [0.5, 0.6) is 11.5 Å². The minimum atomic E-state index is -0.549. The van der Waals surface area contributed by atoms with Crippen LogP contribution < -0.4 is 15.2 Å². The van der Waals surface area contributed by atoms with Gasteiger partial charge in [-0.1, -0.05) is 6.42 Å². The van der Waals surface area contributed by atoms with Gasteiger partial charge >= 0.3 is 0 Å². The fourth-order valence-electron chi connectivity index (χ4n) is 3.91. The SMILES string of the molecule is COc1c(OC[C@H](O)CN2CCCCC2)ccc2c1N=C(N)N1CCN=C21. The van der Waals surface area contributed by atoms with Crippen LogP contribution in [0.2, 0.25) is 0 Å². The minimum Gasteiger partial charge on any atom is -0.491 e. The molecular weight excluding hydrogens is 346 g/mol. The number of aliphatic imine (C=N–C) groups is 2. The molecule has 0 saturated carbocycles. The summed E-state index contributed by atoms with van der Waals surface area (Å²) in [6.07, 6.45) is 3.13. The van der Waals surface area contributed by atoms with Gasteiger partial charge < -0.3 is 25.2 Å². The number of fused-ring (bicyclic) bond motifs is 3. The van der Waals surface area contributed by atoms with Crippen molar-refractivity contribution in [3.8, 4) is 11.5 Å². The van der Waals surface area contributed by atoms with Crippen LogP contribution in [-0.4, -0.2) is 79.2 Å². The molecule has 27 heavy (non-hydrogen) atoms. The molecule has 3 heterocycles. The number of benzene rings is 1. The van der Waals surface area contributed by atoms with E-state index in [-0.39, 0.29) is 6.61 Å². The summed E-state index contributed by atoms with van der Waals surface area (Å²) in [4.78, 5) is 13.2. The van der Waals surface area contributed by atoms with Gasteiger partial charge in [-0.2, -0.15) is 0 Å². The number of ether oxygens (including phenoxy) is 2. The predicted octanol–water partition coefficient (Wildman–Crippen LogP) is 0.943. The summed E-state index contributed by atoms with van der Waals surface area (Å²) in [6, 6.07) is 3.78. The number of methoxy groups -OCH3 is 1.